The standard InChI is InChI=1S/C10H16O2Si/c1-9(12-13(2,3)4)8-10-6-5-7-11-10/h5-8H,1-4H3/b9-8-. The molecule has 0 saturated heterocycles. The average Bonchev–Trinajstić information content (AvgIpc) is 2.34. The maximum Gasteiger partial charge on any atom is 0.241 e. The van der Waals surface area contributed by atoms with Crippen molar-refractivity contribution in [1.29, 1.82) is 0 Å². The van der Waals surface area contributed by atoms with E-state index in [-0.39, 0.29) is 0 Å². The molecular weight excluding hydrogens is 180 g/mol. The topological polar surface area (TPSA) is 22.4 Å². The second-order valence-corrected chi connectivity index (χ2v) is 8.41. The Morgan fingerprint density at radius 2 is 2.15 bits per heavy atom. The molecule has 0 spiro atoms. The van der Waals surface area contributed by atoms with Crippen LogP contribution in [0.3, 0.4) is 0 Å². The smallest absolute Gasteiger partial charge is 0.241 e. The highest BCUT2D eigenvalue weighted by molar-refractivity contribution is 6.70. The zero-order valence-electron chi connectivity index (χ0n) is 8.63. The van der Waals surface area contributed by atoms with Crippen molar-refractivity contribution in [1.82, 2.24) is 0 Å². The summed E-state index contributed by atoms with van der Waals surface area (Å²) in [5.74, 6) is 1.77. The zero-order valence-corrected chi connectivity index (χ0v) is 9.63. The van der Waals surface area contributed by atoms with Crippen LogP contribution in [0, 0.1) is 0 Å². The Balaban J connectivity index is 2.63. The molecule has 0 radical (unpaired) electrons. The minimum atomic E-state index is -1.46. The average molecular weight is 196 g/mol. The minimum Gasteiger partial charge on any atom is -0.547 e. The van der Waals surface area contributed by atoms with Crippen LogP contribution < -0.4 is 0 Å². The van der Waals surface area contributed by atoms with E-state index in [1.54, 1.807) is 6.26 Å². The Kier molecular flexibility index (Phi) is 2.98. The van der Waals surface area contributed by atoms with Crippen molar-refractivity contribution in [2.45, 2.75) is 26.6 Å². The molecule has 0 atom stereocenters. The first kappa shape index (κ1) is 10.1. The molecule has 0 aromatic carbocycles. The van der Waals surface area contributed by atoms with E-state index in [0.717, 1.165) is 11.5 Å². The van der Waals surface area contributed by atoms with Gasteiger partial charge >= 0.3 is 0 Å². The summed E-state index contributed by atoms with van der Waals surface area (Å²) in [6, 6.07) is 3.78. The molecule has 0 aliphatic rings. The van der Waals surface area contributed by atoms with E-state index in [2.05, 4.69) is 19.6 Å². The third-order valence-corrected chi connectivity index (χ3v) is 2.29. The molecule has 72 valence electrons. The summed E-state index contributed by atoms with van der Waals surface area (Å²) in [4.78, 5) is 0. The van der Waals surface area contributed by atoms with Crippen LogP contribution >= 0.6 is 0 Å². The van der Waals surface area contributed by atoms with Crippen molar-refractivity contribution >= 4 is 14.4 Å². The Morgan fingerprint density at radius 1 is 1.46 bits per heavy atom. The summed E-state index contributed by atoms with van der Waals surface area (Å²) in [5.41, 5.74) is 0. The fraction of sp³-hybridized carbons (Fsp3) is 0.400. The molecule has 0 N–H and O–H groups in total. The molecule has 1 aromatic rings. The molecule has 0 saturated carbocycles. The van der Waals surface area contributed by atoms with Crippen LogP contribution in [0.15, 0.2) is 28.6 Å². The summed E-state index contributed by atoms with van der Waals surface area (Å²) in [7, 11) is -1.46. The predicted molar refractivity (Wildman–Crippen MR) is 56.8 cm³/mol. The van der Waals surface area contributed by atoms with Gasteiger partial charge < -0.3 is 8.84 Å². The lowest BCUT2D eigenvalue weighted by molar-refractivity contribution is 0.427. The van der Waals surface area contributed by atoms with E-state index in [4.69, 9.17) is 8.84 Å². The van der Waals surface area contributed by atoms with Gasteiger partial charge in [-0.1, -0.05) is 0 Å². The van der Waals surface area contributed by atoms with Gasteiger partial charge in [0.15, 0.2) is 0 Å². The Morgan fingerprint density at radius 3 is 2.62 bits per heavy atom. The highest BCUT2D eigenvalue weighted by Gasteiger charge is 2.15. The van der Waals surface area contributed by atoms with Crippen molar-refractivity contribution in [2.75, 3.05) is 0 Å². The lowest BCUT2D eigenvalue weighted by Gasteiger charge is -2.19. The molecule has 0 unspecified atom stereocenters. The highest BCUT2D eigenvalue weighted by atomic mass is 28.4. The van der Waals surface area contributed by atoms with Gasteiger partial charge in [0.1, 0.15) is 5.76 Å². The predicted octanol–water partition coefficient (Wildman–Crippen LogP) is 3.49. The monoisotopic (exact) mass is 196 g/mol. The molecule has 13 heavy (non-hydrogen) atoms. The van der Waals surface area contributed by atoms with E-state index in [0.29, 0.717) is 0 Å². The maximum absolute atomic E-state index is 5.75. The molecule has 0 aliphatic carbocycles. The molecular formula is C10H16O2Si. The number of hydrogen-bond acceptors (Lipinski definition) is 2. The summed E-state index contributed by atoms with van der Waals surface area (Å²) < 4.78 is 10.9. The van der Waals surface area contributed by atoms with Crippen LogP contribution in [0.2, 0.25) is 19.6 Å². The summed E-state index contributed by atoms with van der Waals surface area (Å²) >= 11 is 0. The van der Waals surface area contributed by atoms with Crippen molar-refractivity contribution in [2.24, 2.45) is 0 Å². The number of furan rings is 1. The molecule has 1 rings (SSSR count). The van der Waals surface area contributed by atoms with Crippen LogP contribution in [-0.4, -0.2) is 8.32 Å². The van der Waals surface area contributed by atoms with Crippen molar-refractivity contribution in [3.8, 4) is 0 Å². The second-order valence-electron chi connectivity index (χ2n) is 3.98. The third kappa shape index (κ3) is 3.99. The fourth-order valence-corrected chi connectivity index (χ4v) is 2.11. The SMILES string of the molecule is C/C(=C/c1ccco1)O[Si](C)(C)C. The van der Waals surface area contributed by atoms with Gasteiger partial charge in [-0.05, 0) is 38.7 Å². The normalized spacial score (nSPS) is 13.1. The molecule has 0 aliphatic heterocycles. The Hall–Kier alpha value is -0.963. The van der Waals surface area contributed by atoms with E-state index >= 15 is 0 Å². The molecule has 0 fully saturated rings. The Labute approximate surface area is 80.3 Å². The third-order valence-electron chi connectivity index (χ3n) is 1.36. The molecule has 2 nitrogen and oxygen atoms in total. The van der Waals surface area contributed by atoms with Gasteiger partial charge in [0.25, 0.3) is 0 Å². The first-order chi connectivity index (χ1) is 5.97. The molecule has 1 heterocycles. The number of hydrogen-bond donors (Lipinski definition) is 0. The largest absolute Gasteiger partial charge is 0.547 e. The summed E-state index contributed by atoms with van der Waals surface area (Å²) in [6.45, 7) is 8.44. The molecule has 0 bridgehead atoms. The van der Waals surface area contributed by atoms with Gasteiger partial charge in [0.05, 0.1) is 12.0 Å². The molecule has 1 aromatic heterocycles. The lowest BCUT2D eigenvalue weighted by atomic mass is 10.4. The van der Waals surface area contributed by atoms with Gasteiger partial charge in [-0.3, -0.25) is 0 Å². The number of allylic oxidation sites excluding steroid dienone is 1. The van der Waals surface area contributed by atoms with Gasteiger partial charge in [0, 0.05) is 6.08 Å². The fourth-order valence-electron chi connectivity index (χ4n) is 1.09. The van der Waals surface area contributed by atoms with Gasteiger partial charge in [-0.2, -0.15) is 0 Å². The van der Waals surface area contributed by atoms with Crippen LogP contribution in [0.5, 0.6) is 0 Å². The summed E-state index contributed by atoms with van der Waals surface area (Å²) in [6.07, 6.45) is 3.58. The first-order valence-electron chi connectivity index (χ1n) is 4.38. The zero-order chi connectivity index (χ0) is 9.90. The van der Waals surface area contributed by atoms with Crippen LogP contribution in [-0.2, 0) is 4.43 Å². The lowest BCUT2D eigenvalue weighted by Crippen LogP contribution is -2.23. The Bertz CT molecular complexity index is 280. The van der Waals surface area contributed by atoms with Crippen molar-refractivity contribution < 1.29 is 8.84 Å². The van der Waals surface area contributed by atoms with Crippen LogP contribution in [0.1, 0.15) is 12.7 Å². The van der Waals surface area contributed by atoms with E-state index < -0.39 is 8.32 Å². The van der Waals surface area contributed by atoms with E-state index in [1.165, 1.54) is 0 Å². The van der Waals surface area contributed by atoms with E-state index in [1.807, 2.05) is 25.1 Å². The number of rotatable bonds is 3. The van der Waals surface area contributed by atoms with Crippen LogP contribution in [0.4, 0.5) is 0 Å². The highest BCUT2D eigenvalue weighted by Crippen LogP contribution is 2.13. The van der Waals surface area contributed by atoms with E-state index in [9.17, 15) is 0 Å². The van der Waals surface area contributed by atoms with Gasteiger partial charge in [-0.15, -0.1) is 0 Å². The minimum absolute atomic E-state index is 0.843. The van der Waals surface area contributed by atoms with Gasteiger partial charge in [0.2, 0.25) is 8.32 Å². The maximum atomic E-state index is 5.75. The molecule has 0 amide bonds. The molecule has 3 heteroatoms. The summed E-state index contributed by atoms with van der Waals surface area (Å²) in [5, 5.41) is 0. The quantitative estimate of drug-likeness (QED) is 0.545. The van der Waals surface area contributed by atoms with Crippen molar-refractivity contribution in [3.05, 3.63) is 29.9 Å². The van der Waals surface area contributed by atoms with Gasteiger partial charge in [-0.25, -0.2) is 0 Å². The first-order valence-corrected chi connectivity index (χ1v) is 7.79. The second kappa shape index (κ2) is 3.83. The van der Waals surface area contributed by atoms with Crippen LogP contribution in [0.25, 0.3) is 6.08 Å². The van der Waals surface area contributed by atoms with Crippen molar-refractivity contribution in [3.63, 3.8) is 0 Å².